The highest BCUT2D eigenvalue weighted by Gasteiger charge is 2.24. The van der Waals surface area contributed by atoms with Crippen LogP contribution in [-0.2, 0) is 20.6 Å². The number of halogens is 2. The van der Waals surface area contributed by atoms with Crippen LogP contribution in [0.3, 0.4) is 0 Å². The van der Waals surface area contributed by atoms with Crippen molar-refractivity contribution in [3.63, 3.8) is 0 Å². The van der Waals surface area contributed by atoms with Gasteiger partial charge in [-0.05, 0) is 24.3 Å². The van der Waals surface area contributed by atoms with E-state index in [-0.39, 0.29) is 23.8 Å². The summed E-state index contributed by atoms with van der Waals surface area (Å²) >= 11 is 7.39. The van der Waals surface area contributed by atoms with Crippen LogP contribution in [0.25, 0.3) is 0 Å². The Bertz CT molecular complexity index is 1000. The fourth-order valence-corrected chi connectivity index (χ4v) is 4.72. The van der Waals surface area contributed by atoms with Crippen molar-refractivity contribution < 1.29 is 27.1 Å². The number of methoxy groups -OCH3 is 2. The molecule has 11 heteroatoms. The van der Waals surface area contributed by atoms with E-state index in [2.05, 4.69) is 5.32 Å². The average molecular weight is 491 g/mol. The van der Waals surface area contributed by atoms with Crippen molar-refractivity contribution in [3.05, 3.63) is 52.8 Å². The summed E-state index contributed by atoms with van der Waals surface area (Å²) in [4.78, 5) is 12.4. The van der Waals surface area contributed by atoms with Gasteiger partial charge < -0.3 is 14.8 Å². The minimum atomic E-state index is -3.76. The first kappa shape index (κ1) is 25.1. The van der Waals surface area contributed by atoms with Gasteiger partial charge in [0.15, 0.2) is 0 Å². The Morgan fingerprint density at radius 2 is 1.97 bits per heavy atom. The van der Waals surface area contributed by atoms with Gasteiger partial charge in [-0.2, -0.15) is 11.8 Å². The summed E-state index contributed by atoms with van der Waals surface area (Å²) in [5.41, 5.74) is 0.639. The molecule has 0 spiro atoms. The Morgan fingerprint density at radius 3 is 2.58 bits per heavy atom. The molecule has 0 saturated carbocycles. The zero-order chi connectivity index (χ0) is 23.0. The lowest BCUT2D eigenvalue weighted by atomic mass is 10.2. The minimum Gasteiger partial charge on any atom is -0.497 e. The van der Waals surface area contributed by atoms with Gasteiger partial charge in [-0.3, -0.25) is 9.10 Å². The molecular formula is C20H24ClFN2O5S2. The standard InChI is InChI=1S/C20H24ClFN2O5S2/c1-28-14-7-8-18(19(11-14)29-2)24(31(3,26)27)12-20(25)23-9-10-30-13-15-16(21)5-4-6-17(15)22/h4-8,11H,9-10,12-13H2,1-3H3,(H,23,25). The Hall–Kier alpha value is -2.17. The molecule has 0 saturated heterocycles. The summed E-state index contributed by atoms with van der Waals surface area (Å²) in [6.07, 6.45) is 1.01. The number of nitrogens with zero attached hydrogens (tertiary/aromatic N) is 1. The van der Waals surface area contributed by atoms with Crippen LogP contribution in [0.15, 0.2) is 36.4 Å². The molecule has 0 unspecified atom stereocenters. The second kappa shape index (κ2) is 11.4. The number of rotatable bonds is 11. The SMILES string of the molecule is COc1ccc(N(CC(=O)NCCSCc2c(F)cccc2Cl)S(C)(=O)=O)c(OC)c1. The second-order valence-corrected chi connectivity index (χ2v) is 9.83. The van der Waals surface area contributed by atoms with Crippen LogP contribution in [0.2, 0.25) is 5.02 Å². The lowest BCUT2D eigenvalue weighted by Crippen LogP contribution is -2.41. The average Bonchev–Trinajstić information content (AvgIpc) is 2.72. The van der Waals surface area contributed by atoms with E-state index in [9.17, 15) is 17.6 Å². The molecule has 31 heavy (non-hydrogen) atoms. The number of benzene rings is 2. The zero-order valence-corrected chi connectivity index (χ0v) is 19.7. The summed E-state index contributed by atoms with van der Waals surface area (Å²) in [5, 5.41) is 3.03. The lowest BCUT2D eigenvalue weighted by molar-refractivity contribution is -0.119. The molecule has 0 heterocycles. The maximum atomic E-state index is 13.8. The number of anilines is 1. The van der Waals surface area contributed by atoms with Crippen LogP contribution in [-0.4, -0.2) is 53.6 Å². The Labute approximate surface area is 190 Å². The normalized spacial score (nSPS) is 11.1. The van der Waals surface area contributed by atoms with Crippen molar-refractivity contribution in [1.82, 2.24) is 5.32 Å². The molecule has 0 aliphatic carbocycles. The molecule has 2 aromatic carbocycles. The van der Waals surface area contributed by atoms with Crippen molar-refractivity contribution in [2.75, 3.05) is 43.6 Å². The summed E-state index contributed by atoms with van der Waals surface area (Å²) < 4.78 is 49.7. The summed E-state index contributed by atoms with van der Waals surface area (Å²) in [6.45, 7) is -0.127. The van der Waals surface area contributed by atoms with E-state index in [1.807, 2.05) is 0 Å². The summed E-state index contributed by atoms with van der Waals surface area (Å²) in [6, 6.07) is 9.14. The van der Waals surface area contributed by atoms with E-state index in [0.717, 1.165) is 10.6 Å². The summed E-state index contributed by atoms with van der Waals surface area (Å²) in [5.74, 6) is 0.760. The van der Waals surface area contributed by atoms with Crippen LogP contribution in [0.5, 0.6) is 11.5 Å². The van der Waals surface area contributed by atoms with Crippen LogP contribution < -0.4 is 19.1 Å². The van der Waals surface area contributed by atoms with Crippen molar-refractivity contribution in [2.45, 2.75) is 5.75 Å². The fraction of sp³-hybridized carbons (Fsp3) is 0.350. The van der Waals surface area contributed by atoms with Crippen molar-refractivity contribution in [2.24, 2.45) is 0 Å². The van der Waals surface area contributed by atoms with Gasteiger partial charge in [-0.1, -0.05) is 17.7 Å². The van der Waals surface area contributed by atoms with Gasteiger partial charge in [0, 0.05) is 34.7 Å². The second-order valence-electron chi connectivity index (χ2n) is 6.41. The van der Waals surface area contributed by atoms with Gasteiger partial charge in [0.05, 0.1) is 26.2 Å². The molecule has 0 atom stereocenters. The highest BCUT2D eigenvalue weighted by Crippen LogP contribution is 2.33. The minimum absolute atomic E-state index is 0.226. The highest BCUT2D eigenvalue weighted by atomic mass is 35.5. The van der Waals surface area contributed by atoms with E-state index < -0.39 is 22.5 Å². The smallest absolute Gasteiger partial charge is 0.240 e. The number of sulfonamides is 1. The number of nitrogens with one attached hydrogen (secondary N) is 1. The summed E-state index contributed by atoms with van der Waals surface area (Å²) in [7, 11) is -0.875. The van der Waals surface area contributed by atoms with Gasteiger partial charge in [0.1, 0.15) is 23.9 Å². The number of carbonyl (C=O) groups excluding carboxylic acids is 1. The maximum absolute atomic E-state index is 13.8. The topological polar surface area (TPSA) is 84.9 Å². The van der Waals surface area contributed by atoms with Crippen LogP contribution in [0.4, 0.5) is 10.1 Å². The zero-order valence-electron chi connectivity index (χ0n) is 17.4. The van der Waals surface area contributed by atoms with E-state index in [0.29, 0.717) is 27.8 Å². The van der Waals surface area contributed by atoms with Crippen LogP contribution >= 0.6 is 23.4 Å². The van der Waals surface area contributed by atoms with Crippen molar-refractivity contribution in [3.8, 4) is 11.5 Å². The number of amides is 1. The predicted octanol–water partition coefficient (Wildman–Crippen LogP) is 3.31. The van der Waals surface area contributed by atoms with Gasteiger partial charge in [-0.15, -0.1) is 0 Å². The third-order valence-corrected chi connectivity index (χ3v) is 6.69. The first-order valence-electron chi connectivity index (χ1n) is 9.14. The van der Waals surface area contributed by atoms with Gasteiger partial charge in [0.25, 0.3) is 0 Å². The third kappa shape index (κ3) is 7.19. The number of carbonyl (C=O) groups is 1. The van der Waals surface area contributed by atoms with Gasteiger partial charge >= 0.3 is 0 Å². The van der Waals surface area contributed by atoms with E-state index >= 15 is 0 Å². The van der Waals surface area contributed by atoms with E-state index in [4.69, 9.17) is 21.1 Å². The van der Waals surface area contributed by atoms with Crippen LogP contribution in [0, 0.1) is 5.82 Å². The first-order chi connectivity index (χ1) is 14.7. The molecule has 2 rings (SSSR count). The fourth-order valence-electron chi connectivity index (χ4n) is 2.67. The quantitative estimate of drug-likeness (QED) is 0.486. The van der Waals surface area contributed by atoms with E-state index in [1.54, 1.807) is 12.1 Å². The maximum Gasteiger partial charge on any atom is 0.240 e. The number of hydrogen-bond donors (Lipinski definition) is 1. The molecule has 0 aromatic heterocycles. The van der Waals surface area contributed by atoms with Gasteiger partial charge in [-0.25, -0.2) is 12.8 Å². The molecule has 0 bridgehead atoms. The Kier molecular flexibility index (Phi) is 9.27. The Balaban J connectivity index is 1.95. The molecule has 2 aromatic rings. The molecule has 1 N–H and O–H groups in total. The number of ether oxygens (including phenoxy) is 2. The molecular weight excluding hydrogens is 467 g/mol. The molecule has 1 amide bonds. The lowest BCUT2D eigenvalue weighted by Gasteiger charge is -2.24. The van der Waals surface area contributed by atoms with E-state index in [1.165, 1.54) is 50.2 Å². The third-order valence-electron chi connectivity index (χ3n) is 4.22. The molecule has 7 nitrogen and oxygen atoms in total. The monoisotopic (exact) mass is 490 g/mol. The number of thioether (sulfide) groups is 1. The molecule has 0 fully saturated rings. The largest absolute Gasteiger partial charge is 0.497 e. The Morgan fingerprint density at radius 1 is 1.23 bits per heavy atom. The van der Waals surface area contributed by atoms with Crippen molar-refractivity contribution >= 4 is 45.0 Å². The highest BCUT2D eigenvalue weighted by molar-refractivity contribution is 7.98. The number of hydrogen-bond acceptors (Lipinski definition) is 6. The van der Waals surface area contributed by atoms with Crippen molar-refractivity contribution in [1.29, 1.82) is 0 Å². The molecule has 0 radical (unpaired) electrons. The van der Waals surface area contributed by atoms with Gasteiger partial charge in [0.2, 0.25) is 15.9 Å². The molecule has 0 aliphatic rings. The molecule has 170 valence electrons. The molecule has 0 aliphatic heterocycles. The first-order valence-corrected chi connectivity index (χ1v) is 12.5. The predicted molar refractivity (Wildman–Crippen MR) is 122 cm³/mol. The van der Waals surface area contributed by atoms with Crippen LogP contribution in [0.1, 0.15) is 5.56 Å².